The van der Waals surface area contributed by atoms with Crippen LogP contribution in [0.2, 0.25) is 0 Å². The summed E-state index contributed by atoms with van der Waals surface area (Å²) in [6.45, 7) is 0. The fraction of sp³-hybridized carbons (Fsp3) is 0.409. The van der Waals surface area contributed by atoms with E-state index in [9.17, 15) is 4.79 Å². The van der Waals surface area contributed by atoms with Crippen LogP contribution < -0.4 is 10.2 Å². The van der Waals surface area contributed by atoms with Gasteiger partial charge in [-0.1, -0.05) is 55.3 Å². The second-order valence-electron chi connectivity index (χ2n) is 7.26. The molecule has 1 fully saturated rings. The predicted octanol–water partition coefficient (Wildman–Crippen LogP) is 4.27. The molecule has 2 aromatic rings. The molecule has 0 heterocycles. The molecule has 0 spiro atoms. The Morgan fingerprint density at radius 2 is 1.64 bits per heavy atom. The van der Waals surface area contributed by atoms with Crippen molar-refractivity contribution in [2.75, 3.05) is 19.0 Å². The first kappa shape index (κ1) is 17.5. The number of anilines is 1. The van der Waals surface area contributed by atoms with Gasteiger partial charge in [0.15, 0.2) is 0 Å². The number of benzene rings is 2. The summed E-state index contributed by atoms with van der Waals surface area (Å²) in [5.74, 6) is 0.155. The lowest BCUT2D eigenvalue weighted by molar-refractivity contribution is -0.123. The number of amides is 1. The molecule has 0 bridgehead atoms. The summed E-state index contributed by atoms with van der Waals surface area (Å²) >= 11 is 0. The Morgan fingerprint density at radius 1 is 1.00 bits per heavy atom. The Kier molecular flexibility index (Phi) is 5.42. The molecule has 3 rings (SSSR count). The zero-order chi connectivity index (χ0) is 17.7. The number of carbonyl (C=O) groups is 1. The summed E-state index contributed by atoms with van der Waals surface area (Å²) in [5.41, 5.74) is 3.48. The van der Waals surface area contributed by atoms with Crippen molar-refractivity contribution in [2.24, 2.45) is 0 Å². The Hall–Kier alpha value is -2.29. The van der Waals surface area contributed by atoms with Crippen LogP contribution in [0.4, 0.5) is 5.69 Å². The van der Waals surface area contributed by atoms with Crippen molar-refractivity contribution >= 4 is 11.6 Å². The van der Waals surface area contributed by atoms with Crippen LogP contribution in [0.15, 0.2) is 54.6 Å². The van der Waals surface area contributed by atoms with Gasteiger partial charge in [-0.15, -0.1) is 0 Å². The van der Waals surface area contributed by atoms with E-state index >= 15 is 0 Å². The SMILES string of the molecule is CN(C)c1ccc(CCC(=O)NC2(c3ccccc3)CCCC2)cc1. The van der Waals surface area contributed by atoms with Gasteiger partial charge >= 0.3 is 0 Å². The lowest BCUT2D eigenvalue weighted by atomic mass is 9.88. The van der Waals surface area contributed by atoms with Crippen molar-refractivity contribution in [2.45, 2.75) is 44.1 Å². The predicted molar refractivity (Wildman–Crippen MR) is 104 cm³/mol. The van der Waals surface area contributed by atoms with Gasteiger partial charge in [0.05, 0.1) is 5.54 Å². The van der Waals surface area contributed by atoms with Gasteiger partial charge in [-0.3, -0.25) is 4.79 Å². The standard InChI is InChI=1S/C22H28N2O/c1-24(2)20-13-10-18(11-14-20)12-15-21(25)23-22(16-6-7-17-22)19-8-4-3-5-9-19/h3-5,8-11,13-14H,6-7,12,15-17H2,1-2H3,(H,23,25). The van der Waals surface area contributed by atoms with E-state index in [4.69, 9.17) is 0 Å². The molecule has 2 aromatic carbocycles. The average Bonchev–Trinajstić information content (AvgIpc) is 3.11. The third-order valence-electron chi connectivity index (χ3n) is 5.26. The summed E-state index contributed by atoms with van der Waals surface area (Å²) < 4.78 is 0. The van der Waals surface area contributed by atoms with Crippen molar-refractivity contribution in [3.05, 3.63) is 65.7 Å². The smallest absolute Gasteiger partial charge is 0.221 e. The highest BCUT2D eigenvalue weighted by molar-refractivity contribution is 5.77. The second-order valence-corrected chi connectivity index (χ2v) is 7.26. The highest BCUT2D eigenvalue weighted by Crippen LogP contribution is 2.38. The monoisotopic (exact) mass is 336 g/mol. The number of carbonyl (C=O) groups excluding carboxylic acids is 1. The fourth-order valence-electron chi connectivity index (χ4n) is 3.77. The van der Waals surface area contributed by atoms with E-state index in [1.54, 1.807) is 0 Å². The topological polar surface area (TPSA) is 32.3 Å². The number of hydrogen-bond donors (Lipinski definition) is 1. The van der Waals surface area contributed by atoms with Gasteiger partial charge in [0.1, 0.15) is 0 Å². The second kappa shape index (κ2) is 7.73. The molecule has 0 saturated heterocycles. The van der Waals surface area contributed by atoms with Gasteiger partial charge in [0.25, 0.3) is 0 Å². The maximum Gasteiger partial charge on any atom is 0.221 e. The molecule has 1 N–H and O–H groups in total. The van der Waals surface area contributed by atoms with Crippen LogP contribution in [0.1, 0.15) is 43.2 Å². The van der Waals surface area contributed by atoms with Gasteiger partial charge in [0.2, 0.25) is 5.91 Å². The quantitative estimate of drug-likeness (QED) is 0.854. The summed E-state index contributed by atoms with van der Waals surface area (Å²) in [6, 6.07) is 18.9. The molecule has 3 nitrogen and oxygen atoms in total. The zero-order valence-corrected chi connectivity index (χ0v) is 15.3. The fourth-order valence-corrected chi connectivity index (χ4v) is 3.77. The maximum atomic E-state index is 12.6. The van der Waals surface area contributed by atoms with Gasteiger partial charge < -0.3 is 10.2 Å². The largest absolute Gasteiger partial charge is 0.378 e. The molecule has 0 atom stereocenters. The highest BCUT2D eigenvalue weighted by Gasteiger charge is 2.36. The summed E-state index contributed by atoms with van der Waals surface area (Å²) in [6.07, 6.45) is 5.77. The summed E-state index contributed by atoms with van der Waals surface area (Å²) in [7, 11) is 4.07. The summed E-state index contributed by atoms with van der Waals surface area (Å²) in [5, 5.41) is 3.36. The molecule has 1 aliphatic carbocycles. The molecular formula is C22H28N2O. The molecule has 0 unspecified atom stereocenters. The Bertz CT molecular complexity index is 686. The lowest BCUT2D eigenvalue weighted by Crippen LogP contribution is -2.43. The van der Waals surface area contributed by atoms with Crippen LogP contribution in [0, 0.1) is 0 Å². The number of aryl methyl sites for hydroxylation is 1. The highest BCUT2D eigenvalue weighted by atomic mass is 16.1. The maximum absolute atomic E-state index is 12.6. The third-order valence-corrected chi connectivity index (χ3v) is 5.26. The normalized spacial score (nSPS) is 15.8. The zero-order valence-electron chi connectivity index (χ0n) is 15.3. The molecule has 25 heavy (non-hydrogen) atoms. The minimum atomic E-state index is -0.160. The third kappa shape index (κ3) is 4.22. The molecule has 3 heteroatoms. The lowest BCUT2D eigenvalue weighted by Gasteiger charge is -2.31. The van der Waals surface area contributed by atoms with E-state index in [2.05, 4.69) is 58.7 Å². The number of nitrogens with one attached hydrogen (secondary N) is 1. The van der Waals surface area contributed by atoms with Crippen molar-refractivity contribution in [1.29, 1.82) is 0 Å². The molecule has 1 aliphatic rings. The van der Waals surface area contributed by atoms with Gasteiger partial charge in [-0.25, -0.2) is 0 Å². The minimum absolute atomic E-state index is 0.155. The number of nitrogens with zero attached hydrogens (tertiary/aromatic N) is 1. The first-order valence-corrected chi connectivity index (χ1v) is 9.22. The van der Waals surface area contributed by atoms with Crippen LogP contribution in [-0.2, 0) is 16.8 Å². The van der Waals surface area contributed by atoms with Crippen molar-refractivity contribution in [3.63, 3.8) is 0 Å². The van der Waals surface area contributed by atoms with Crippen LogP contribution in [-0.4, -0.2) is 20.0 Å². The number of hydrogen-bond acceptors (Lipinski definition) is 2. The Balaban J connectivity index is 1.61. The van der Waals surface area contributed by atoms with Crippen LogP contribution in [0.5, 0.6) is 0 Å². The Labute approximate surface area is 151 Å². The molecule has 0 aliphatic heterocycles. The van der Waals surface area contributed by atoms with E-state index in [0.717, 1.165) is 19.3 Å². The van der Waals surface area contributed by atoms with Gasteiger partial charge in [0, 0.05) is 26.2 Å². The molecular weight excluding hydrogens is 308 g/mol. The van der Waals surface area contributed by atoms with E-state index in [-0.39, 0.29) is 11.4 Å². The van der Waals surface area contributed by atoms with Crippen LogP contribution in [0.25, 0.3) is 0 Å². The van der Waals surface area contributed by atoms with Gasteiger partial charge in [-0.2, -0.15) is 0 Å². The molecule has 1 amide bonds. The molecule has 132 valence electrons. The van der Waals surface area contributed by atoms with E-state index < -0.39 is 0 Å². The molecule has 0 radical (unpaired) electrons. The van der Waals surface area contributed by atoms with Crippen molar-refractivity contribution in [1.82, 2.24) is 5.32 Å². The van der Waals surface area contributed by atoms with E-state index in [1.165, 1.54) is 29.7 Å². The number of rotatable bonds is 6. The minimum Gasteiger partial charge on any atom is -0.378 e. The van der Waals surface area contributed by atoms with E-state index in [1.807, 2.05) is 20.2 Å². The first-order chi connectivity index (χ1) is 12.1. The molecule has 1 saturated carbocycles. The average molecular weight is 336 g/mol. The van der Waals surface area contributed by atoms with Crippen molar-refractivity contribution in [3.8, 4) is 0 Å². The van der Waals surface area contributed by atoms with Crippen molar-refractivity contribution < 1.29 is 4.79 Å². The Morgan fingerprint density at radius 3 is 2.24 bits per heavy atom. The summed E-state index contributed by atoms with van der Waals surface area (Å²) in [4.78, 5) is 14.7. The van der Waals surface area contributed by atoms with Gasteiger partial charge in [-0.05, 0) is 42.5 Å². The molecule has 0 aromatic heterocycles. The van der Waals surface area contributed by atoms with Crippen LogP contribution in [0.3, 0.4) is 0 Å². The van der Waals surface area contributed by atoms with Crippen LogP contribution >= 0.6 is 0 Å². The van der Waals surface area contributed by atoms with E-state index in [0.29, 0.717) is 6.42 Å². The first-order valence-electron chi connectivity index (χ1n) is 9.22.